The molecule has 0 aliphatic carbocycles. The number of aliphatic hydroxyl groups is 1. The van der Waals surface area contributed by atoms with Gasteiger partial charge in [0.15, 0.2) is 5.79 Å². The number of aliphatic hydroxyl groups excluding tert-OH is 1. The van der Waals surface area contributed by atoms with Crippen LogP contribution in [0, 0.1) is 5.92 Å². The molecule has 11 heteroatoms. The average molecular weight is 621 g/mol. The van der Waals surface area contributed by atoms with Crippen LogP contribution in [-0.2, 0) is 30.7 Å². The Kier molecular flexibility index (Phi) is 12.0. The van der Waals surface area contributed by atoms with Crippen molar-refractivity contribution in [3.63, 3.8) is 0 Å². The Labute approximate surface area is 256 Å². The first-order chi connectivity index (χ1) is 20.2. The summed E-state index contributed by atoms with van der Waals surface area (Å²) in [7, 11) is -2.75. The van der Waals surface area contributed by atoms with Crippen molar-refractivity contribution in [1.82, 2.24) is 10.0 Å². The molecule has 43 heavy (non-hydrogen) atoms. The van der Waals surface area contributed by atoms with Gasteiger partial charge in [-0.2, -0.15) is 4.72 Å². The highest BCUT2D eigenvalue weighted by atomic mass is 32.2. The number of hydrogen-bond acceptors (Lipinski definition) is 8. The van der Waals surface area contributed by atoms with Crippen molar-refractivity contribution in [2.75, 3.05) is 20.3 Å². The van der Waals surface area contributed by atoms with E-state index in [1.54, 1.807) is 20.8 Å². The molecule has 1 aliphatic heterocycles. The molecule has 3 unspecified atom stereocenters. The van der Waals surface area contributed by atoms with Crippen molar-refractivity contribution >= 4 is 16.1 Å². The summed E-state index contributed by atoms with van der Waals surface area (Å²) >= 11 is 0. The van der Waals surface area contributed by atoms with Gasteiger partial charge < -0.3 is 24.1 Å². The predicted molar refractivity (Wildman–Crippen MR) is 164 cm³/mol. The zero-order chi connectivity index (χ0) is 31.7. The molecule has 0 aromatic heterocycles. The summed E-state index contributed by atoms with van der Waals surface area (Å²) < 4.78 is 52.5. The zero-order valence-electron chi connectivity index (χ0n) is 26.2. The average Bonchev–Trinajstić information content (AvgIpc) is 3.38. The maximum absolute atomic E-state index is 13.8. The van der Waals surface area contributed by atoms with E-state index in [9.17, 15) is 18.3 Å². The highest BCUT2D eigenvalue weighted by Gasteiger charge is 2.44. The van der Waals surface area contributed by atoms with Crippen molar-refractivity contribution in [2.24, 2.45) is 5.92 Å². The molecule has 0 radical (unpaired) electrons. The van der Waals surface area contributed by atoms with Gasteiger partial charge in [-0.3, -0.25) is 5.32 Å². The summed E-state index contributed by atoms with van der Waals surface area (Å²) in [6.07, 6.45) is 0.979. The minimum atomic E-state index is -4.24. The lowest BCUT2D eigenvalue weighted by atomic mass is 9.87. The quantitative estimate of drug-likeness (QED) is 0.233. The second kappa shape index (κ2) is 14.9. The van der Waals surface area contributed by atoms with Gasteiger partial charge >= 0.3 is 6.09 Å². The van der Waals surface area contributed by atoms with E-state index in [1.165, 1.54) is 31.4 Å². The first-order valence-corrected chi connectivity index (χ1v) is 16.4. The van der Waals surface area contributed by atoms with Crippen LogP contribution in [0.4, 0.5) is 4.79 Å². The van der Waals surface area contributed by atoms with Gasteiger partial charge in [-0.05, 0) is 82.7 Å². The van der Waals surface area contributed by atoms with E-state index in [1.807, 2.05) is 37.3 Å². The molecule has 240 valence electrons. The maximum atomic E-state index is 13.8. The molecule has 2 aromatic rings. The van der Waals surface area contributed by atoms with Crippen molar-refractivity contribution in [3.05, 3.63) is 60.2 Å². The molecule has 10 nitrogen and oxygen atoms in total. The first-order valence-electron chi connectivity index (χ1n) is 14.9. The molecule has 3 rings (SSSR count). The molecule has 2 aromatic carbocycles. The van der Waals surface area contributed by atoms with E-state index in [0.717, 1.165) is 12.8 Å². The summed E-state index contributed by atoms with van der Waals surface area (Å²) in [6.45, 7) is 10.3. The Morgan fingerprint density at radius 3 is 2.21 bits per heavy atom. The fourth-order valence-corrected chi connectivity index (χ4v) is 6.54. The van der Waals surface area contributed by atoms with Gasteiger partial charge in [-0.1, -0.05) is 43.7 Å². The number of sulfonamides is 1. The molecular weight excluding hydrogens is 572 g/mol. The van der Waals surface area contributed by atoms with Crippen LogP contribution in [0.2, 0.25) is 0 Å². The zero-order valence-corrected chi connectivity index (χ0v) is 27.0. The van der Waals surface area contributed by atoms with Crippen molar-refractivity contribution in [1.29, 1.82) is 0 Å². The molecule has 3 N–H and O–H groups in total. The number of carbonyl (C=O) groups is 1. The molecule has 1 heterocycles. The lowest BCUT2D eigenvalue weighted by Crippen LogP contribution is -2.68. The van der Waals surface area contributed by atoms with Gasteiger partial charge in [0.1, 0.15) is 17.0 Å². The monoisotopic (exact) mass is 620 g/mol. The highest BCUT2D eigenvalue weighted by Crippen LogP contribution is 2.31. The maximum Gasteiger partial charge on any atom is 0.409 e. The van der Waals surface area contributed by atoms with E-state index in [-0.39, 0.29) is 23.7 Å². The lowest BCUT2D eigenvalue weighted by Gasteiger charge is -2.40. The Balaban J connectivity index is 1.95. The SMILES string of the molecule is CCC(CCC(O)C(Cc1ccccc1)(NC(=O)OC(C)(C)C)NS(=O)(=O)c1ccc(OC)cc1)CCC1(C)OCCO1. The van der Waals surface area contributed by atoms with E-state index >= 15 is 0 Å². The molecule has 0 bridgehead atoms. The van der Waals surface area contributed by atoms with Crippen molar-refractivity contribution in [3.8, 4) is 5.75 Å². The third-order valence-corrected chi connectivity index (χ3v) is 9.16. The predicted octanol–water partition coefficient (Wildman–Crippen LogP) is 5.15. The second-order valence-corrected chi connectivity index (χ2v) is 14.0. The Bertz CT molecular complexity index is 1260. The van der Waals surface area contributed by atoms with E-state index in [4.69, 9.17) is 18.9 Å². The lowest BCUT2D eigenvalue weighted by molar-refractivity contribution is -0.149. The number of rotatable bonds is 15. The van der Waals surface area contributed by atoms with Crippen LogP contribution in [0.15, 0.2) is 59.5 Å². The summed E-state index contributed by atoms with van der Waals surface area (Å²) in [4.78, 5) is 13.2. The number of carbonyl (C=O) groups excluding carboxylic acids is 1. The van der Waals surface area contributed by atoms with Crippen molar-refractivity contribution < 1.29 is 37.3 Å². The smallest absolute Gasteiger partial charge is 0.409 e. The standard InChI is InChI=1S/C32H48N2O8S/c1-7-24(19-20-31(5)40-21-22-41-31)13-18-28(35)32(23-25-11-9-8-10-12-25,33-29(36)42-30(2,3)4)34-43(37,38)27-16-14-26(39-6)15-17-27/h8-12,14-17,24,28,34-35H,7,13,18-23H2,1-6H3,(H,33,36). The molecular formula is C32H48N2O8S. The highest BCUT2D eigenvalue weighted by molar-refractivity contribution is 7.89. The summed E-state index contributed by atoms with van der Waals surface area (Å²) in [6, 6.07) is 15.0. The summed E-state index contributed by atoms with van der Waals surface area (Å²) in [5.41, 5.74) is -1.97. The number of benzene rings is 2. The first kappa shape index (κ1) is 34.8. The van der Waals surface area contributed by atoms with Crippen LogP contribution in [0.3, 0.4) is 0 Å². The minimum absolute atomic E-state index is 0.0276. The topological polar surface area (TPSA) is 132 Å². The van der Waals surface area contributed by atoms with E-state index in [2.05, 4.69) is 17.0 Å². The van der Waals surface area contributed by atoms with Crippen LogP contribution in [0.25, 0.3) is 0 Å². The van der Waals surface area contributed by atoms with E-state index < -0.39 is 39.3 Å². The number of ether oxygens (including phenoxy) is 4. The number of alkyl carbamates (subject to hydrolysis) is 1. The number of methoxy groups -OCH3 is 1. The van der Waals surface area contributed by atoms with Crippen LogP contribution in [0.1, 0.15) is 72.3 Å². The molecule has 1 fully saturated rings. The molecule has 1 saturated heterocycles. The van der Waals surface area contributed by atoms with Crippen molar-refractivity contribution in [2.45, 2.75) is 101 Å². The number of hydrogen-bond donors (Lipinski definition) is 3. The van der Waals surface area contributed by atoms with Crippen LogP contribution < -0.4 is 14.8 Å². The number of amides is 1. The summed E-state index contributed by atoms with van der Waals surface area (Å²) in [5.74, 6) is 0.0951. The number of nitrogens with one attached hydrogen (secondary N) is 2. The third-order valence-electron chi connectivity index (χ3n) is 7.64. The van der Waals surface area contributed by atoms with Gasteiger partial charge in [-0.15, -0.1) is 0 Å². The van der Waals surface area contributed by atoms with Gasteiger partial charge in [0.05, 0.1) is 31.3 Å². The van der Waals surface area contributed by atoms with Crippen LogP contribution in [0.5, 0.6) is 5.75 Å². The Morgan fingerprint density at radius 1 is 1.02 bits per heavy atom. The van der Waals surface area contributed by atoms with Gasteiger partial charge in [0.25, 0.3) is 0 Å². The Hall–Kier alpha value is -2.70. The Morgan fingerprint density at radius 2 is 1.65 bits per heavy atom. The molecule has 1 amide bonds. The fourth-order valence-electron chi connectivity index (χ4n) is 5.19. The molecule has 0 saturated carbocycles. The van der Waals surface area contributed by atoms with Gasteiger partial charge in [0, 0.05) is 12.8 Å². The summed E-state index contributed by atoms with van der Waals surface area (Å²) in [5, 5.41) is 14.6. The molecule has 3 atom stereocenters. The van der Waals surface area contributed by atoms with Gasteiger partial charge in [-0.25, -0.2) is 13.2 Å². The van der Waals surface area contributed by atoms with Crippen LogP contribution >= 0.6 is 0 Å². The normalized spacial score (nSPS) is 17.9. The van der Waals surface area contributed by atoms with Crippen LogP contribution in [-0.4, -0.2) is 63.1 Å². The minimum Gasteiger partial charge on any atom is -0.497 e. The fraction of sp³-hybridized carbons (Fsp3) is 0.594. The van der Waals surface area contributed by atoms with E-state index in [0.29, 0.717) is 37.4 Å². The van der Waals surface area contributed by atoms with Gasteiger partial charge in [0.2, 0.25) is 10.0 Å². The molecule has 1 aliphatic rings. The third kappa shape index (κ3) is 10.5. The second-order valence-electron chi connectivity index (χ2n) is 12.3. The largest absolute Gasteiger partial charge is 0.497 e. The molecule has 0 spiro atoms.